The van der Waals surface area contributed by atoms with Crippen LogP contribution in [0, 0.1) is 6.92 Å². The van der Waals surface area contributed by atoms with Gasteiger partial charge in [-0.25, -0.2) is 9.78 Å². The van der Waals surface area contributed by atoms with Crippen LogP contribution in [-0.4, -0.2) is 40.1 Å². The summed E-state index contributed by atoms with van der Waals surface area (Å²) in [5.41, 5.74) is 1.70. The summed E-state index contributed by atoms with van der Waals surface area (Å²) in [6.45, 7) is 4.83. The van der Waals surface area contributed by atoms with Crippen LogP contribution in [0.1, 0.15) is 34.6 Å². The second-order valence-corrected chi connectivity index (χ2v) is 6.04. The number of hydrogen-bond acceptors (Lipinski definition) is 4. The number of nitrogens with zero attached hydrogens (tertiary/aromatic N) is 3. The fourth-order valence-electron chi connectivity index (χ4n) is 3.32. The predicted octanol–water partition coefficient (Wildman–Crippen LogP) is 2.64. The number of esters is 1. The molecule has 1 fully saturated rings. The number of aryl methyl sites for hydroxylation is 1. The number of aromatic nitrogens is 2. The van der Waals surface area contributed by atoms with Crippen molar-refractivity contribution in [2.24, 2.45) is 0 Å². The van der Waals surface area contributed by atoms with Gasteiger partial charge in [0.05, 0.1) is 12.7 Å². The topological polar surface area (TPSA) is 47.4 Å². The standard InChI is InChI=1S/C18H23N3O2/c1-14-19-9-11-20(14)13-16-7-5-10-21(16)12-15-6-3-4-8-17(15)18(22)23-2/h3-4,6,8-9,11,16H,5,7,10,12-13H2,1-2H3/t16-/m1/s1. The number of ether oxygens (including phenoxy) is 1. The Kier molecular flexibility index (Phi) is 4.76. The number of likely N-dealkylation sites (tertiary alicyclic amines) is 1. The summed E-state index contributed by atoms with van der Waals surface area (Å²) in [6, 6.07) is 8.20. The predicted molar refractivity (Wildman–Crippen MR) is 88.2 cm³/mol. The highest BCUT2D eigenvalue weighted by atomic mass is 16.5. The quantitative estimate of drug-likeness (QED) is 0.796. The van der Waals surface area contributed by atoms with E-state index >= 15 is 0 Å². The average molecular weight is 313 g/mol. The second kappa shape index (κ2) is 6.96. The number of imidazole rings is 1. The molecule has 1 aliphatic heterocycles. The zero-order valence-electron chi connectivity index (χ0n) is 13.7. The summed E-state index contributed by atoms with van der Waals surface area (Å²) < 4.78 is 7.10. The highest BCUT2D eigenvalue weighted by Crippen LogP contribution is 2.23. The number of hydrogen-bond donors (Lipinski definition) is 0. The van der Waals surface area contributed by atoms with Crippen LogP contribution in [0.25, 0.3) is 0 Å². The van der Waals surface area contributed by atoms with Crippen LogP contribution < -0.4 is 0 Å². The number of benzene rings is 1. The van der Waals surface area contributed by atoms with Crippen LogP contribution in [0.15, 0.2) is 36.7 Å². The fraction of sp³-hybridized carbons (Fsp3) is 0.444. The molecule has 122 valence electrons. The van der Waals surface area contributed by atoms with Crippen molar-refractivity contribution in [2.45, 2.75) is 38.9 Å². The van der Waals surface area contributed by atoms with Gasteiger partial charge in [0, 0.05) is 31.5 Å². The van der Waals surface area contributed by atoms with Crippen LogP contribution >= 0.6 is 0 Å². The molecule has 1 atom stereocenters. The van der Waals surface area contributed by atoms with Gasteiger partial charge < -0.3 is 9.30 Å². The number of carbonyl (C=O) groups is 1. The van der Waals surface area contributed by atoms with E-state index in [9.17, 15) is 4.79 Å². The van der Waals surface area contributed by atoms with E-state index in [1.807, 2.05) is 43.6 Å². The Bertz CT molecular complexity index is 680. The molecule has 0 unspecified atom stereocenters. The Hall–Kier alpha value is -2.14. The van der Waals surface area contributed by atoms with Crippen molar-refractivity contribution in [3.05, 3.63) is 53.6 Å². The van der Waals surface area contributed by atoms with Gasteiger partial charge in [-0.3, -0.25) is 4.90 Å². The highest BCUT2D eigenvalue weighted by molar-refractivity contribution is 5.90. The van der Waals surface area contributed by atoms with Gasteiger partial charge in [-0.05, 0) is 37.9 Å². The summed E-state index contributed by atoms with van der Waals surface area (Å²) in [5, 5.41) is 0. The summed E-state index contributed by atoms with van der Waals surface area (Å²) >= 11 is 0. The van der Waals surface area contributed by atoms with Crippen molar-refractivity contribution >= 4 is 5.97 Å². The maximum absolute atomic E-state index is 11.9. The van der Waals surface area contributed by atoms with Gasteiger partial charge in [-0.15, -0.1) is 0 Å². The molecule has 3 rings (SSSR count). The first-order valence-corrected chi connectivity index (χ1v) is 8.07. The molecule has 0 saturated carbocycles. The summed E-state index contributed by atoms with van der Waals surface area (Å²) in [5.74, 6) is 0.786. The van der Waals surface area contributed by atoms with Gasteiger partial charge in [-0.2, -0.15) is 0 Å². The Morgan fingerprint density at radius 2 is 2.22 bits per heavy atom. The van der Waals surface area contributed by atoms with Crippen molar-refractivity contribution in [3.63, 3.8) is 0 Å². The van der Waals surface area contributed by atoms with E-state index in [0.717, 1.165) is 31.0 Å². The maximum atomic E-state index is 11.9. The average Bonchev–Trinajstić information content (AvgIpc) is 3.17. The Morgan fingerprint density at radius 3 is 2.96 bits per heavy atom. The Labute approximate surface area is 136 Å². The van der Waals surface area contributed by atoms with Crippen LogP contribution in [0.3, 0.4) is 0 Å². The van der Waals surface area contributed by atoms with Crippen LogP contribution in [0.2, 0.25) is 0 Å². The number of rotatable bonds is 5. The van der Waals surface area contributed by atoms with Crippen molar-refractivity contribution in [3.8, 4) is 0 Å². The minimum atomic E-state index is -0.262. The normalized spacial score (nSPS) is 18.3. The molecule has 2 aromatic rings. The van der Waals surface area contributed by atoms with E-state index in [-0.39, 0.29) is 5.97 Å². The maximum Gasteiger partial charge on any atom is 0.338 e. The zero-order chi connectivity index (χ0) is 16.2. The smallest absolute Gasteiger partial charge is 0.338 e. The van der Waals surface area contributed by atoms with Crippen molar-refractivity contribution in [2.75, 3.05) is 13.7 Å². The molecule has 0 radical (unpaired) electrons. The first-order valence-electron chi connectivity index (χ1n) is 8.07. The Morgan fingerprint density at radius 1 is 1.39 bits per heavy atom. The molecule has 1 aromatic carbocycles. The van der Waals surface area contributed by atoms with E-state index in [2.05, 4.69) is 14.5 Å². The molecule has 23 heavy (non-hydrogen) atoms. The molecule has 5 heteroatoms. The lowest BCUT2D eigenvalue weighted by molar-refractivity contribution is 0.0598. The number of carbonyl (C=O) groups excluding carboxylic acids is 1. The minimum absolute atomic E-state index is 0.262. The lowest BCUT2D eigenvalue weighted by Gasteiger charge is -2.26. The largest absolute Gasteiger partial charge is 0.465 e. The Balaban J connectivity index is 1.74. The third kappa shape index (κ3) is 3.45. The van der Waals surface area contributed by atoms with Crippen molar-refractivity contribution in [1.29, 1.82) is 0 Å². The fourth-order valence-corrected chi connectivity index (χ4v) is 3.32. The highest BCUT2D eigenvalue weighted by Gasteiger charge is 2.26. The van der Waals surface area contributed by atoms with Crippen molar-refractivity contribution in [1.82, 2.24) is 14.5 Å². The monoisotopic (exact) mass is 313 g/mol. The van der Waals surface area contributed by atoms with Gasteiger partial charge >= 0.3 is 5.97 Å². The number of methoxy groups -OCH3 is 1. The van der Waals surface area contributed by atoms with E-state index in [4.69, 9.17) is 4.74 Å². The molecular weight excluding hydrogens is 290 g/mol. The summed E-state index contributed by atoms with van der Waals surface area (Å²) in [6.07, 6.45) is 6.26. The molecule has 2 heterocycles. The minimum Gasteiger partial charge on any atom is -0.465 e. The third-order valence-corrected chi connectivity index (χ3v) is 4.63. The molecule has 0 amide bonds. The SMILES string of the molecule is COC(=O)c1ccccc1CN1CCC[C@@H]1Cn1ccnc1C. The van der Waals surface area contributed by atoms with Crippen LogP contribution in [-0.2, 0) is 17.8 Å². The third-order valence-electron chi connectivity index (χ3n) is 4.63. The molecule has 5 nitrogen and oxygen atoms in total. The summed E-state index contributed by atoms with van der Waals surface area (Å²) in [7, 11) is 1.43. The lowest BCUT2D eigenvalue weighted by Crippen LogP contribution is -2.33. The first kappa shape index (κ1) is 15.7. The molecule has 0 N–H and O–H groups in total. The van der Waals surface area contributed by atoms with Gasteiger partial charge in [0.1, 0.15) is 5.82 Å². The van der Waals surface area contributed by atoms with Gasteiger partial charge in [0.2, 0.25) is 0 Å². The van der Waals surface area contributed by atoms with Crippen molar-refractivity contribution < 1.29 is 9.53 Å². The summed E-state index contributed by atoms with van der Waals surface area (Å²) in [4.78, 5) is 18.7. The second-order valence-electron chi connectivity index (χ2n) is 6.04. The molecule has 1 aliphatic rings. The van der Waals surface area contributed by atoms with E-state index in [0.29, 0.717) is 11.6 Å². The first-order chi connectivity index (χ1) is 11.2. The molecule has 0 bridgehead atoms. The molecule has 0 aliphatic carbocycles. The molecular formula is C18H23N3O2. The lowest BCUT2D eigenvalue weighted by atomic mass is 10.1. The van der Waals surface area contributed by atoms with Crippen LogP contribution in [0.5, 0.6) is 0 Å². The van der Waals surface area contributed by atoms with E-state index in [1.165, 1.54) is 20.0 Å². The van der Waals surface area contributed by atoms with Gasteiger partial charge in [-0.1, -0.05) is 18.2 Å². The van der Waals surface area contributed by atoms with Gasteiger partial charge in [0.25, 0.3) is 0 Å². The van der Waals surface area contributed by atoms with Gasteiger partial charge in [0.15, 0.2) is 0 Å². The molecule has 0 spiro atoms. The van der Waals surface area contributed by atoms with E-state index < -0.39 is 0 Å². The van der Waals surface area contributed by atoms with E-state index in [1.54, 1.807) is 0 Å². The molecule has 1 saturated heterocycles. The van der Waals surface area contributed by atoms with Crippen LogP contribution in [0.4, 0.5) is 0 Å². The molecule has 1 aromatic heterocycles. The zero-order valence-corrected chi connectivity index (χ0v) is 13.7.